The molecule has 2 N–H and O–H groups in total. The monoisotopic (exact) mass is 636 g/mol. The molecule has 2 saturated heterocycles. The highest BCUT2D eigenvalue weighted by Crippen LogP contribution is 2.23. The quantitative estimate of drug-likeness (QED) is 0.153. The van der Waals surface area contributed by atoms with Crippen molar-refractivity contribution in [3.63, 3.8) is 0 Å². The largest absolute Gasteiger partial charge is 0.381 e. The second-order valence-electron chi connectivity index (χ2n) is 12.6. The van der Waals surface area contributed by atoms with Crippen LogP contribution in [0.5, 0.6) is 0 Å². The van der Waals surface area contributed by atoms with Gasteiger partial charge in [-0.25, -0.2) is 0 Å². The fourth-order valence-corrected chi connectivity index (χ4v) is 7.75. The predicted octanol–water partition coefficient (Wildman–Crippen LogP) is 6.37. The van der Waals surface area contributed by atoms with E-state index in [1.54, 1.807) is 22.7 Å². The van der Waals surface area contributed by atoms with Crippen LogP contribution in [-0.4, -0.2) is 107 Å². The van der Waals surface area contributed by atoms with Crippen LogP contribution in [0.1, 0.15) is 36.8 Å². The molecule has 2 unspecified atom stereocenters. The van der Waals surface area contributed by atoms with Crippen molar-refractivity contribution < 1.29 is 9.47 Å². The van der Waals surface area contributed by atoms with Crippen LogP contribution in [0.15, 0.2) is 59.3 Å². The summed E-state index contributed by atoms with van der Waals surface area (Å²) in [5.41, 5.74) is 8.65. The molecule has 0 amide bonds. The molecule has 2 aromatic heterocycles. The summed E-state index contributed by atoms with van der Waals surface area (Å²) in [5, 5.41) is 7.01. The molecule has 6 nitrogen and oxygen atoms in total. The first kappa shape index (κ1) is 33.5. The number of nitrogens with two attached hydrogens (primary N) is 1. The molecule has 2 aliphatic heterocycles. The van der Waals surface area contributed by atoms with Crippen LogP contribution in [0.4, 0.5) is 0 Å². The van der Waals surface area contributed by atoms with Gasteiger partial charge in [-0.15, -0.1) is 22.7 Å². The zero-order valence-electron chi connectivity index (χ0n) is 26.8. The lowest BCUT2D eigenvalue weighted by Crippen LogP contribution is -2.32. The topological polar surface area (TPSA) is 54.2 Å². The highest BCUT2D eigenvalue weighted by molar-refractivity contribution is 7.17. The number of likely N-dealkylation sites (tertiary alicyclic amines) is 2. The van der Waals surface area contributed by atoms with Crippen molar-refractivity contribution in [1.82, 2.24) is 14.7 Å². The van der Waals surface area contributed by atoms with Crippen LogP contribution >= 0.6 is 22.7 Å². The summed E-state index contributed by atoms with van der Waals surface area (Å²) in [5.74, 6) is 0. The third-order valence-electron chi connectivity index (χ3n) is 8.92. The Morgan fingerprint density at radius 2 is 1.27 bits per heavy atom. The maximum atomic E-state index is 5.90. The molecule has 4 heterocycles. The standard InChI is InChI=1S/C19H28N2OS.C17H24N2OS/c1-20(2)18-6-10-21(15-18)9-3-11-22-12-7-16-4-5-19-17(14-16)8-13-23-19;18-16-4-8-19(13-16)7-1-9-20-10-5-14-2-3-17-15(12-14)6-11-21-17/h4-5,8,13-14,18H,3,6-7,9-12,15H2,1-2H3;2-3,6,11-12,16H,1,4-5,7-10,13,18H2. The Labute approximate surface area is 272 Å². The lowest BCUT2D eigenvalue weighted by Gasteiger charge is -2.20. The van der Waals surface area contributed by atoms with Crippen LogP contribution in [-0.2, 0) is 22.3 Å². The average Bonchev–Trinajstić information content (AvgIpc) is 3.84. The van der Waals surface area contributed by atoms with Gasteiger partial charge in [-0.2, -0.15) is 0 Å². The minimum atomic E-state index is 0.387. The van der Waals surface area contributed by atoms with Crippen LogP contribution in [0.2, 0.25) is 0 Å². The van der Waals surface area contributed by atoms with E-state index in [-0.39, 0.29) is 0 Å². The smallest absolute Gasteiger partial charge is 0.0506 e. The number of likely N-dealkylation sites (N-methyl/N-ethyl adjacent to an activating group) is 1. The van der Waals surface area contributed by atoms with Gasteiger partial charge in [-0.3, -0.25) is 0 Å². The van der Waals surface area contributed by atoms with Crippen LogP contribution in [0.3, 0.4) is 0 Å². The number of benzene rings is 2. The van der Waals surface area contributed by atoms with Crippen molar-refractivity contribution >= 4 is 42.8 Å². The maximum Gasteiger partial charge on any atom is 0.0506 e. The molecule has 4 aromatic rings. The Balaban J connectivity index is 0.000000175. The second-order valence-corrected chi connectivity index (χ2v) is 14.5. The molecule has 0 spiro atoms. The van der Waals surface area contributed by atoms with Gasteiger partial charge in [-0.1, -0.05) is 24.3 Å². The first-order valence-electron chi connectivity index (χ1n) is 16.5. The van der Waals surface area contributed by atoms with Gasteiger partial charge in [-0.05, 0) is 123 Å². The lowest BCUT2D eigenvalue weighted by atomic mass is 10.1. The summed E-state index contributed by atoms with van der Waals surface area (Å²) < 4.78 is 14.3. The van der Waals surface area contributed by atoms with E-state index in [0.717, 1.165) is 84.2 Å². The summed E-state index contributed by atoms with van der Waals surface area (Å²) in [6.45, 7) is 10.3. The first-order valence-corrected chi connectivity index (χ1v) is 18.2. The molecule has 6 rings (SSSR count). The normalized spacial score (nSPS) is 19.4. The van der Waals surface area contributed by atoms with E-state index in [1.165, 1.54) is 57.4 Å². The molecule has 2 fully saturated rings. The minimum Gasteiger partial charge on any atom is -0.381 e. The van der Waals surface area contributed by atoms with Crippen molar-refractivity contribution in [2.45, 2.75) is 50.6 Å². The molecule has 2 aromatic carbocycles. The Bertz CT molecular complexity index is 1390. The van der Waals surface area contributed by atoms with E-state index in [9.17, 15) is 0 Å². The van der Waals surface area contributed by atoms with Crippen molar-refractivity contribution in [2.24, 2.45) is 5.73 Å². The van der Waals surface area contributed by atoms with Crippen molar-refractivity contribution in [3.8, 4) is 0 Å². The van der Waals surface area contributed by atoms with Crippen LogP contribution in [0, 0.1) is 0 Å². The molecular weight excluding hydrogens is 585 g/mol. The third kappa shape index (κ3) is 10.6. The molecule has 0 bridgehead atoms. The Kier molecular flexibility index (Phi) is 13.5. The van der Waals surface area contributed by atoms with E-state index in [4.69, 9.17) is 15.2 Å². The van der Waals surface area contributed by atoms with Gasteiger partial charge in [0, 0.05) is 60.9 Å². The summed E-state index contributed by atoms with van der Waals surface area (Å²) in [6, 6.07) is 19.0. The Morgan fingerprint density at radius 3 is 1.77 bits per heavy atom. The summed E-state index contributed by atoms with van der Waals surface area (Å²) in [7, 11) is 4.37. The number of hydrogen-bond acceptors (Lipinski definition) is 8. The number of thiophene rings is 2. The average molecular weight is 637 g/mol. The molecule has 2 atom stereocenters. The third-order valence-corrected chi connectivity index (χ3v) is 10.7. The molecular formula is C36H52N4O2S2. The van der Waals surface area contributed by atoms with Gasteiger partial charge in [0.15, 0.2) is 0 Å². The molecule has 44 heavy (non-hydrogen) atoms. The van der Waals surface area contributed by atoms with Gasteiger partial charge in [0.05, 0.1) is 13.2 Å². The summed E-state index contributed by atoms with van der Waals surface area (Å²) >= 11 is 3.60. The Hall–Kier alpha value is -1.88. The van der Waals surface area contributed by atoms with E-state index < -0.39 is 0 Å². The van der Waals surface area contributed by atoms with Gasteiger partial charge in [0.25, 0.3) is 0 Å². The molecule has 8 heteroatoms. The number of rotatable bonds is 15. The number of ether oxygens (including phenoxy) is 2. The number of nitrogens with zero attached hydrogens (tertiary/aromatic N) is 3. The van der Waals surface area contributed by atoms with Crippen LogP contribution in [0.25, 0.3) is 20.2 Å². The van der Waals surface area contributed by atoms with E-state index in [1.807, 2.05) is 0 Å². The molecule has 0 aliphatic carbocycles. The minimum absolute atomic E-state index is 0.387. The fourth-order valence-electron chi connectivity index (χ4n) is 6.21. The lowest BCUT2D eigenvalue weighted by molar-refractivity contribution is 0.125. The highest BCUT2D eigenvalue weighted by atomic mass is 32.1. The van der Waals surface area contributed by atoms with Gasteiger partial charge < -0.3 is 29.9 Å². The molecule has 0 saturated carbocycles. The van der Waals surface area contributed by atoms with E-state index in [2.05, 4.69) is 88.1 Å². The van der Waals surface area contributed by atoms with E-state index >= 15 is 0 Å². The van der Waals surface area contributed by atoms with Gasteiger partial charge in [0.1, 0.15) is 0 Å². The first-order chi connectivity index (χ1) is 21.5. The van der Waals surface area contributed by atoms with Gasteiger partial charge in [0.2, 0.25) is 0 Å². The second kappa shape index (κ2) is 17.7. The zero-order chi connectivity index (χ0) is 30.6. The van der Waals surface area contributed by atoms with E-state index in [0.29, 0.717) is 6.04 Å². The van der Waals surface area contributed by atoms with Crippen LogP contribution < -0.4 is 5.73 Å². The van der Waals surface area contributed by atoms with Crippen molar-refractivity contribution in [1.29, 1.82) is 0 Å². The fraction of sp³-hybridized carbons (Fsp3) is 0.556. The molecule has 2 aliphatic rings. The highest BCUT2D eigenvalue weighted by Gasteiger charge is 2.23. The molecule has 0 radical (unpaired) electrons. The summed E-state index contributed by atoms with van der Waals surface area (Å²) in [6.07, 6.45) is 6.71. The number of fused-ring (bicyclic) bond motifs is 2. The summed E-state index contributed by atoms with van der Waals surface area (Å²) in [4.78, 5) is 7.36. The number of hydrogen-bond donors (Lipinski definition) is 1. The van der Waals surface area contributed by atoms with Crippen molar-refractivity contribution in [3.05, 3.63) is 70.4 Å². The Morgan fingerprint density at radius 1 is 0.727 bits per heavy atom. The SMILES string of the molecule is CN(C)C1CCN(CCCOCCc2ccc3sccc3c2)C1.NC1CCN(CCCOCCc2ccc3sccc3c2)C1. The van der Waals surface area contributed by atoms with Gasteiger partial charge >= 0.3 is 0 Å². The zero-order valence-corrected chi connectivity index (χ0v) is 28.4. The maximum absolute atomic E-state index is 5.90. The predicted molar refractivity (Wildman–Crippen MR) is 189 cm³/mol. The molecule has 240 valence electrons. The van der Waals surface area contributed by atoms with Crippen molar-refractivity contribution in [2.75, 3.05) is 79.8 Å².